The zero-order chi connectivity index (χ0) is 12.3. The van der Waals surface area contributed by atoms with Crippen LogP contribution in [0.15, 0.2) is 0 Å². The van der Waals surface area contributed by atoms with Crippen LogP contribution in [0.1, 0.15) is 19.3 Å². The first-order valence-corrected chi connectivity index (χ1v) is 7.17. The van der Waals surface area contributed by atoms with E-state index < -0.39 is 5.97 Å². The molecule has 0 aromatic carbocycles. The summed E-state index contributed by atoms with van der Waals surface area (Å²) in [6.07, 6.45) is 2.11. The van der Waals surface area contributed by atoms with Gasteiger partial charge < -0.3 is 15.3 Å². The number of carbonyl (C=O) groups is 2. The van der Waals surface area contributed by atoms with Gasteiger partial charge in [0.2, 0.25) is 0 Å². The molecule has 1 unspecified atom stereocenters. The minimum atomic E-state index is -0.837. The molecule has 0 aromatic heterocycles. The van der Waals surface area contributed by atoms with Crippen LogP contribution in [-0.4, -0.2) is 52.6 Å². The second-order valence-electron chi connectivity index (χ2n) is 4.59. The number of hydrogen-bond acceptors (Lipinski definition) is 3. The van der Waals surface area contributed by atoms with Crippen molar-refractivity contribution in [3.05, 3.63) is 0 Å². The van der Waals surface area contributed by atoms with Gasteiger partial charge in [-0.05, 0) is 18.8 Å². The molecule has 6 heteroatoms. The number of carbonyl (C=O) groups excluding carboxylic acids is 1. The van der Waals surface area contributed by atoms with Gasteiger partial charge in [-0.2, -0.15) is 11.8 Å². The number of carboxylic acids is 1. The van der Waals surface area contributed by atoms with E-state index in [9.17, 15) is 9.59 Å². The van der Waals surface area contributed by atoms with Crippen LogP contribution in [0, 0.1) is 5.92 Å². The van der Waals surface area contributed by atoms with Crippen LogP contribution in [0.2, 0.25) is 0 Å². The summed E-state index contributed by atoms with van der Waals surface area (Å²) in [5, 5.41) is 11.7. The van der Waals surface area contributed by atoms with Gasteiger partial charge in [0.15, 0.2) is 0 Å². The van der Waals surface area contributed by atoms with Crippen molar-refractivity contribution in [3.8, 4) is 0 Å². The minimum Gasteiger partial charge on any atom is -0.481 e. The summed E-state index contributed by atoms with van der Waals surface area (Å²) in [4.78, 5) is 24.5. The number of thioether (sulfide) groups is 1. The monoisotopic (exact) mass is 258 g/mol. The smallest absolute Gasteiger partial charge is 0.317 e. The Morgan fingerprint density at radius 2 is 2.00 bits per heavy atom. The molecule has 1 aliphatic carbocycles. The lowest BCUT2D eigenvalue weighted by Gasteiger charge is -2.28. The van der Waals surface area contributed by atoms with E-state index in [1.165, 1.54) is 0 Å². The van der Waals surface area contributed by atoms with Gasteiger partial charge in [-0.15, -0.1) is 0 Å². The average Bonchev–Trinajstić information content (AvgIpc) is 3.12. The lowest BCUT2D eigenvalue weighted by atomic mass is 10.1. The van der Waals surface area contributed by atoms with Crippen LogP contribution in [0.25, 0.3) is 0 Å². The molecule has 0 spiro atoms. The van der Waals surface area contributed by atoms with Crippen molar-refractivity contribution in [3.63, 3.8) is 0 Å². The molecule has 0 radical (unpaired) electrons. The van der Waals surface area contributed by atoms with Crippen LogP contribution >= 0.6 is 11.8 Å². The summed E-state index contributed by atoms with van der Waals surface area (Å²) >= 11 is 1.85. The topological polar surface area (TPSA) is 69.6 Å². The molecule has 1 heterocycles. The largest absolute Gasteiger partial charge is 0.481 e. The highest BCUT2D eigenvalue weighted by Gasteiger charge is 2.34. The summed E-state index contributed by atoms with van der Waals surface area (Å²) in [7, 11) is 0. The number of amides is 2. The van der Waals surface area contributed by atoms with E-state index in [1.54, 1.807) is 4.90 Å². The quantitative estimate of drug-likeness (QED) is 0.789. The molecule has 0 bridgehead atoms. The van der Waals surface area contributed by atoms with Gasteiger partial charge in [0, 0.05) is 30.6 Å². The molecule has 0 aromatic rings. The van der Waals surface area contributed by atoms with Gasteiger partial charge in [-0.3, -0.25) is 4.79 Å². The van der Waals surface area contributed by atoms with Crippen molar-refractivity contribution in [1.29, 1.82) is 0 Å². The Kier molecular flexibility index (Phi) is 4.15. The van der Waals surface area contributed by atoms with Gasteiger partial charge >= 0.3 is 12.0 Å². The summed E-state index contributed by atoms with van der Waals surface area (Å²) in [5.41, 5.74) is 0. The molecule has 2 fully saturated rings. The van der Waals surface area contributed by atoms with Crippen molar-refractivity contribution < 1.29 is 14.7 Å². The Bertz CT molecular complexity index is 301. The number of urea groups is 1. The first-order chi connectivity index (χ1) is 8.16. The van der Waals surface area contributed by atoms with Crippen LogP contribution in [0.5, 0.6) is 0 Å². The maximum Gasteiger partial charge on any atom is 0.317 e. The molecule has 1 saturated heterocycles. The molecule has 17 heavy (non-hydrogen) atoms. The van der Waals surface area contributed by atoms with Gasteiger partial charge in [-0.25, -0.2) is 4.79 Å². The van der Waals surface area contributed by atoms with Gasteiger partial charge in [0.05, 0.1) is 6.42 Å². The van der Waals surface area contributed by atoms with E-state index in [0.717, 1.165) is 37.4 Å². The second-order valence-corrected chi connectivity index (χ2v) is 5.82. The van der Waals surface area contributed by atoms with Gasteiger partial charge in [0.25, 0.3) is 0 Å². The summed E-state index contributed by atoms with van der Waals surface area (Å²) < 4.78 is 0. The fraction of sp³-hybridized carbons (Fsp3) is 0.818. The summed E-state index contributed by atoms with van der Waals surface area (Å²) in [5.74, 6) is 1.48. The SMILES string of the molecule is O=C(O)CC(NC(=O)N1CCSCC1)C1CC1. The van der Waals surface area contributed by atoms with Crippen molar-refractivity contribution in [2.75, 3.05) is 24.6 Å². The van der Waals surface area contributed by atoms with Crippen LogP contribution in [-0.2, 0) is 4.79 Å². The van der Waals surface area contributed by atoms with E-state index in [2.05, 4.69) is 5.32 Å². The first kappa shape index (κ1) is 12.5. The van der Waals surface area contributed by atoms with Crippen molar-refractivity contribution in [1.82, 2.24) is 10.2 Å². The van der Waals surface area contributed by atoms with Crippen LogP contribution in [0.4, 0.5) is 4.79 Å². The van der Waals surface area contributed by atoms with Crippen LogP contribution < -0.4 is 5.32 Å². The van der Waals surface area contributed by atoms with Crippen LogP contribution in [0.3, 0.4) is 0 Å². The number of nitrogens with zero attached hydrogens (tertiary/aromatic N) is 1. The third-order valence-electron chi connectivity index (χ3n) is 3.19. The molecular weight excluding hydrogens is 240 g/mol. The van der Waals surface area contributed by atoms with E-state index >= 15 is 0 Å². The third kappa shape index (κ3) is 3.80. The van der Waals surface area contributed by atoms with Crippen molar-refractivity contribution in [2.24, 2.45) is 5.92 Å². The van der Waals surface area contributed by atoms with Gasteiger partial charge in [0.1, 0.15) is 0 Å². The predicted octanol–water partition coefficient (Wildman–Crippen LogP) is 0.998. The van der Waals surface area contributed by atoms with Crippen molar-refractivity contribution >= 4 is 23.8 Å². The maximum absolute atomic E-state index is 11.9. The number of hydrogen-bond donors (Lipinski definition) is 2. The summed E-state index contributed by atoms with van der Waals surface area (Å²) in [6, 6.07) is -0.280. The molecule has 2 aliphatic rings. The first-order valence-electron chi connectivity index (χ1n) is 6.02. The predicted molar refractivity (Wildman–Crippen MR) is 66.2 cm³/mol. The number of rotatable bonds is 4. The molecule has 1 saturated carbocycles. The highest BCUT2D eigenvalue weighted by Crippen LogP contribution is 2.34. The van der Waals surface area contributed by atoms with Gasteiger partial charge in [-0.1, -0.05) is 0 Å². The average molecular weight is 258 g/mol. The molecule has 2 amide bonds. The Balaban J connectivity index is 1.83. The normalized spacial score (nSPS) is 22.0. The second kappa shape index (κ2) is 5.62. The Morgan fingerprint density at radius 1 is 1.35 bits per heavy atom. The zero-order valence-electron chi connectivity index (χ0n) is 9.72. The van der Waals surface area contributed by atoms with E-state index in [0.29, 0.717) is 5.92 Å². The zero-order valence-corrected chi connectivity index (χ0v) is 10.5. The van der Waals surface area contributed by atoms with E-state index in [4.69, 9.17) is 5.11 Å². The minimum absolute atomic E-state index is 0.0407. The number of aliphatic carboxylic acids is 1. The molecule has 1 atom stereocenters. The fourth-order valence-corrected chi connectivity index (χ4v) is 2.94. The third-order valence-corrected chi connectivity index (χ3v) is 4.14. The molecule has 1 aliphatic heterocycles. The van der Waals surface area contributed by atoms with Crippen molar-refractivity contribution in [2.45, 2.75) is 25.3 Å². The number of carboxylic acid groups (broad SMARTS) is 1. The molecule has 2 N–H and O–H groups in total. The Labute approximate surface area is 105 Å². The van der Waals surface area contributed by atoms with E-state index in [-0.39, 0.29) is 18.5 Å². The highest BCUT2D eigenvalue weighted by atomic mass is 32.2. The number of nitrogens with one attached hydrogen (secondary N) is 1. The standard InChI is InChI=1S/C11H18N2O3S/c14-10(15)7-9(8-1-2-8)12-11(16)13-3-5-17-6-4-13/h8-9H,1-7H2,(H,12,16)(H,14,15). The lowest BCUT2D eigenvalue weighted by Crippen LogP contribution is -2.49. The Morgan fingerprint density at radius 3 is 2.53 bits per heavy atom. The molecule has 2 rings (SSSR count). The lowest BCUT2D eigenvalue weighted by molar-refractivity contribution is -0.137. The fourth-order valence-electron chi connectivity index (χ4n) is 2.04. The molecule has 5 nitrogen and oxygen atoms in total. The maximum atomic E-state index is 11.9. The molecule has 96 valence electrons. The molecular formula is C11H18N2O3S. The Hall–Kier alpha value is -0.910. The highest BCUT2D eigenvalue weighted by molar-refractivity contribution is 7.99. The summed E-state index contributed by atoms with van der Waals surface area (Å²) in [6.45, 7) is 1.53. The van der Waals surface area contributed by atoms with E-state index in [1.807, 2.05) is 11.8 Å².